The number of benzene rings is 1. The first-order valence-corrected chi connectivity index (χ1v) is 5.68. The molecule has 0 saturated heterocycles. The predicted molar refractivity (Wildman–Crippen MR) is 63.9 cm³/mol. The number of hydrogen-bond acceptors (Lipinski definition) is 2. The lowest BCUT2D eigenvalue weighted by atomic mass is 9.97. The zero-order valence-corrected chi connectivity index (χ0v) is 11.1. The van der Waals surface area contributed by atoms with Crippen LogP contribution < -0.4 is 0 Å². The second-order valence-corrected chi connectivity index (χ2v) is 5.01. The lowest BCUT2D eigenvalue weighted by molar-refractivity contribution is -0.136. The normalized spacial score (nSPS) is 11.6. The van der Waals surface area contributed by atoms with E-state index in [-0.39, 0.29) is 18.0 Å². The van der Waals surface area contributed by atoms with E-state index in [0.717, 1.165) is 0 Å². The van der Waals surface area contributed by atoms with Crippen molar-refractivity contribution in [2.45, 2.75) is 25.9 Å². The van der Waals surface area contributed by atoms with Gasteiger partial charge in [0.05, 0.1) is 0 Å². The molecule has 0 aliphatic heterocycles. The summed E-state index contributed by atoms with van der Waals surface area (Å²) in [5, 5.41) is 0. The lowest BCUT2D eigenvalue weighted by Crippen LogP contribution is -2.35. The van der Waals surface area contributed by atoms with E-state index in [9.17, 15) is 9.18 Å². The van der Waals surface area contributed by atoms with Crippen LogP contribution in [0.5, 0.6) is 0 Å². The van der Waals surface area contributed by atoms with Gasteiger partial charge in [-0.15, -0.1) is 0 Å². The summed E-state index contributed by atoms with van der Waals surface area (Å²) in [6.07, 6.45) is 0.164. The van der Waals surface area contributed by atoms with Gasteiger partial charge in [0.25, 0.3) is 0 Å². The average Bonchev–Trinajstić information content (AvgIpc) is 2.15. The summed E-state index contributed by atoms with van der Waals surface area (Å²) < 4.78 is 18.8. The molecule has 2 nitrogen and oxygen atoms in total. The molecule has 0 N–H and O–H groups in total. The molecule has 0 unspecified atom stereocenters. The Morgan fingerprint density at radius 2 is 2.06 bits per heavy atom. The van der Waals surface area contributed by atoms with Gasteiger partial charge in [-0.2, -0.15) is 0 Å². The third-order valence-corrected chi connectivity index (χ3v) is 2.93. The maximum Gasteiger partial charge on any atom is 0.168 e. The molecule has 1 aromatic rings. The summed E-state index contributed by atoms with van der Waals surface area (Å²) in [4.78, 5) is 11.8. The van der Waals surface area contributed by atoms with E-state index in [0.29, 0.717) is 10.0 Å². The number of Topliss-reactive ketones (excluding diaryl/α,β-unsaturated/α-hetero) is 1. The van der Waals surface area contributed by atoms with Crippen LogP contribution in [-0.2, 0) is 16.0 Å². The lowest BCUT2D eigenvalue weighted by Gasteiger charge is -2.21. The number of hydrogen-bond donors (Lipinski definition) is 0. The van der Waals surface area contributed by atoms with E-state index in [1.807, 2.05) is 0 Å². The molecule has 0 radical (unpaired) electrons. The highest BCUT2D eigenvalue weighted by Crippen LogP contribution is 2.18. The highest BCUT2D eigenvalue weighted by atomic mass is 79.9. The third-order valence-electron chi connectivity index (χ3n) is 2.47. The predicted octanol–water partition coefficient (Wildman–Crippen LogP) is 3.12. The van der Waals surface area contributed by atoms with Gasteiger partial charge in [-0.25, -0.2) is 4.39 Å². The molecule has 0 aliphatic carbocycles. The van der Waals surface area contributed by atoms with Crippen molar-refractivity contribution in [1.29, 1.82) is 0 Å². The van der Waals surface area contributed by atoms with Gasteiger partial charge >= 0.3 is 0 Å². The number of ether oxygens (including phenoxy) is 1. The topological polar surface area (TPSA) is 26.3 Å². The Morgan fingerprint density at radius 1 is 1.44 bits per heavy atom. The Hall–Kier alpha value is -0.740. The molecule has 1 rings (SSSR count). The number of carbonyl (C=O) groups excluding carboxylic acids is 1. The maximum atomic E-state index is 13.1. The Morgan fingerprint density at radius 3 is 2.56 bits per heavy atom. The maximum absolute atomic E-state index is 13.1. The molecule has 0 saturated carbocycles. The van der Waals surface area contributed by atoms with Crippen LogP contribution in [-0.4, -0.2) is 18.5 Å². The molecule has 88 valence electrons. The number of ketones is 1. The summed E-state index contributed by atoms with van der Waals surface area (Å²) in [5.41, 5.74) is -0.194. The molecule has 16 heavy (non-hydrogen) atoms. The first-order valence-electron chi connectivity index (χ1n) is 4.88. The van der Waals surface area contributed by atoms with Crippen LogP contribution in [0.1, 0.15) is 19.4 Å². The van der Waals surface area contributed by atoms with Gasteiger partial charge in [0, 0.05) is 18.0 Å². The van der Waals surface area contributed by atoms with Crippen molar-refractivity contribution >= 4 is 21.7 Å². The summed E-state index contributed by atoms with van der Waals surface area (Å²) in [6, 6.07) is 4.44. The van der Waals surface area contributed by atoms with Crippen LogP contribution in [0.15, 0.2) is 22.7 Å². The van der Waals surface area contributed by atoms with Gasteiger partial charge in [0.1, 0.15) is 11.4 Å². The molecule has 0 atom stereocenters. The first-order chi connectivity index (χ1) is 7.35. The van der Waals surface area contributed by atoms with Gasteiger partial charge in [-0.05, 0) is 37.6 Å². The highest BCUT2D eigenvalue weighted by molar-refractivity contribution is 9.10. The number of halogens is 2. The number of carbonyl (C=O) groups is 1. The molecular weight excluding hydrogens is 275 g/mol. The van der Waals surface area contributed by atoms with E-state index < -0.39 is 5.60 Å². The van der Waals surface area contributed by atoms with Gasteiger partial charge in [-0.3, -0.25) is 4.79 Å². The zero-order chi connectivity index (χ0) is 12.3. The Bertz CT molecular complexity index is 382. The van der Waals surface area contributed by atoms with Gasteiger partial charge in [-0.1, -0.05) is 15.9 Å². The smallest absolute Gasteiger partial charge is 0.168 e. The van der Waals surface area contributed by atoms with Crippen molar-refractivity contribution in [3.05, 3.63) is 34.1 Å². The van der Waals surface area contributed by atoms with Crippen molar-refractivity contribution < 1.29 is 13.9 Å². The highest BCUT2D eigenvalue weighted by Gasteiger charge is 2.26. The summed E-state index contributed by atoms with van der Waals surface area (Å²) in [7, 11) is 1.49. The minimum atomic E-state index is -0.835. The van der Waals surface area contributed by atoms with Crippen molar-refractivity contribution in [3.63, 3.8) is 0 Å². The fourth-order valence-corrected chi connectivity index (χ4v) is 1.74. The Balaban J connectivity index is 2.85. The monoisotopic (exact) mass is 288 g/mol. The molecular formula is C12H14BrFO2. The number of methoxy groups -OCH3 is 1. The first kappa shape index (κ1) is 13.3. The molecule has 4 heteroatoms. The largest absolute Gasteiger partial charge is 0.371 e. The quantitative estimate of drug-likeness (QED) is 0.851. The van der Waals surface area contributed by atoms with Crippen LogP contribution in [0, 0.1) is 5.82 Å². The summed E-state index contributed by atoms with van der Waals surface area (Å²) >= 11 is 3.19. The minimum absolute atomic E-state index is 0.0764. The Kier molecular flexibility index (Phi) is 4.21. The molecule has 0 spiro atoms. The second kappa shape index (κ2) is 5.06. The van der Waals surface area contributed by atoms with Crippen LogP contribution in [0.3, 0.4) is 0 Å². The number of rotatable bonds is 4. The van der Waals surface area contributed by atoms with E-state index in [1.54, 1.807) is 19.9 Å². The second-order valence-electron chi connectivity index (χ2n) is 4.09. The van der Waals surface area contributed by atoms with Crippen LogP contribution >= 0.6 is 15.9 Å². The SMILES string of the molecule is COC(C)(C)C(=O)Cc1cc(F)cc(Br)c1. The molecule has 0 bridgehead atoms. The van der Waals surface area contributed by atoms with Crippen LogP contribution in [0.4, 0.5) is 4.39 Å². The van der Waals surface area contributed by atoms with Crippen LogP contribution in [0.25, 0.3) is 0 Å². The Labute approximate surface area is 103 Å². The van der Waals surface area contributed by atoms with E-state index in [2.05, 4.69) is 15.9 Å². The van der Waals surface area contributed by atoms with Gasteiger partial charge in [0.2, 0.25) is 0 Å². The molecule has 0 amide bonds. The van der Waals surface area contributed by atoms with Gasteiger partial charge in [0.15, 0.2) is 5.78 Å². The zero-order valence-electron chi connectivity index (χ0n) is 9.51. The minimum Gasteiger partial charge on any atom is -0.371 e. The van der Waals surface area contributed by atoms with Crippen LogP contribution in [0.2, 0.25) is 0 Å². The molecule has 0 aromatic heterocycles. The van der Waals surface area contributed by atoms with Crippen molar-refractivity contribution in [1.82, 2.24) is 0 Å². The van der Waals surface area contributed by atoms with E-state index >= 15 is 0 Å². The third kappa shape index (κ3) is 3.39. The fraction of sp³-hybridized carbons (Fsp3) is 0.417. The molecule has 0 fully saturated rings. The van der Waals surface area contributed by atoms with Crippen molar-refractivity contribution in [2.24, 2.45) is 0 Å². The summed E-state index contributed by atoms with van der Waals surface area (Å²) in [5.74, 6) is -0.431. The van der Waals surface area contributed by atoms with Crippen molar-refractivity contribution in [2.75, 3.05) is 7.11 Å². The average molecular weight is 289 g/mol. The molecule has 0 heterocycles. The molecule has 0 aliphatic rings. The van der Waals surface area contributed by atoms with E-state index in [1.165, 1.54) is 19.2 Å². The molecule has 1 aromatic carbocycles. The standard InChI is InChI=1S/C12H14BrFO2/c1-12(2,16-3)11(15)6-8-4-9(13)7-10(14)5-8/h4-5,7H,6H2,1-3H3. The van der Waals surface area contributed by atoms with Crippen molar-refractivity contribution in [3.8, 4) is 0 Å². The fourth-order valence-electron chi connectivity index (χ4n) is 1.23. The van der Waals surface area contributed by atoms with E-state index in [4.69, 9.17) is 4.74 Å². The van der Waals surface area contributed by atoms with Gasteiger partial charge < -0.3 is 4.74 Å². The summed E-state index contributed by atoms with van der Waals surface area (Å²) in [6.45, 7) is 3.40.